The van der Waals surface area contributed by atoms with Crippen LogP contribution in [0.3, 0.4) is 0 Å². The Kier molecular flexibility index (Phi) is 4.43. The standard InChI is InChI=1S/C24H21FN2O2/c1-2-28-19-13-9-16(10-14-19)21-15-22-20-5-3-4-6-23(20)29-24(27(22)26-21)17-7-11-18(25)12-8-17/h3-14,22,24H,2,15H2,1H3/t22-,24+/m0/s1. The molecule has 0 fully saturated rings. The fourth-order valence-electron chi connectivity index (χ4n) is 3.97. The van der Waals surface area contributed by atoms with E-state index in [2.05, 4.69) is 6.07 Å². The van der Waals surface area contributed by atoms with E-state index in [1.807, 2.05) is 54.4 Å². The SMILES string of the molecule is CCOc1ccc(C2=NN3[C@@H](c4ccc(F)cc4)Oc4ccccc4[C@@H]3C2)cc1. The van der Waals surface area contributed by atoms with Gasteiger partial charge in [-0.05, 0) is 55.0 Å². The van der Waals surface area contributed by atoms with Gasteiger partial charge in [0.25, 0.3) is 0 Å². The Bertz CT molecular complexity index is 1050. The van der Waals surface area contributed by atoms with Crippen LogP contribution >= 0.6 is 0 Å². The van der Waals surface area contributed by atoms with E-state index in [-0.39, 0.29) is 11.9 Å². The second-order valence-electron chi connectivity index (χ2n) is 7.16. The van der Waals surface area contributed by atoms with E-state index in [0.29, 0.717) is 6.61 Å². The van der Waals surface area contributed by atoms with Crippen LogP contribution in [0.5, 0.6) is 11.5 Å². The smallest absolute Gasteiger partial charge is 0.213 e. The molecule has 5 heteroatoms. The number of rotatable bonds is 4. The summed E-state index contributed by atoms with van der Waals surface area (Å²) in [6.07, 6.45) is 0.391. The van der Waals surface area contributed by atoms with Crippen LogP contribution in [-0.4, -0.2) is 17.3 Å². The minimum atomic E-state index is -0.393. The van der Waals surface area contributed by atoms with Gasteiger partial charge in [-0.3, -0.25) is 0 Å². The van der Waals surface area contributed by atoms with Crippen LogP contribution in [0.15, 0.2) is 77.9 Å². The van der Waals surface area contributed by atoms with Crippen molar-refractivity contribution in [2.75, 3.05) is 6.61 Å². The normalized spacial score (nSPS) is 19.8. The largest absolute Gasteiger partial charge is 0.494 e. The Balaban J connectivity index is 1.52. The van der Waals surface area contributed by atoms with Crippen molar-refractivity contribution in [1.82, 2.24) is 5.01 Å². The zero-order chi connectivity index (χ0) is 19.8. The predicted octanol–water partition coefficient (Wildman–Crippen LogP) is 5.47. The van der Waals surface area contributed by atoms with Gasteiger partial charge in [-0.2, -0.15) is 5.10 Å². The molecule has 2 atom stereocenters. The molecule has 0 aromatic heterocycles. The maximum absolute atomic E-state index is 13.4. The van der Waals surface area contributed by atoms with Gasteiger partial charge < -0.3 is 9.47 Å². The van der Waals surface area contributed by atoms with E-state index < -0.39 is 6.23 Å². The third-order valence-electron chi connectivity index (χ3n) is 5.35. The number of nitrogens with zero attached hydrogens (tertiary/aromatic N) is 2. The molecule has 0 aliphatic carbocycles. The number of ether oxygens (including phenoxy) is 2. The average molecular weight is 388 g/mol. The molecule has 0 unspecified atom stereocenters. The highest BCUT2D eigenvalue weighted by Gasteiger charge is 2.40. The van der Waals surface area contributed by atoms with E-state index in [4.69, 9.17) is 14.6 Å². The van der Waals surface area contributed by atoms with Crippen molar-refractivity contribution in [2.24, 2.45) is 5.10 Å². The summed E-state index contributed by atoms with van der Waals surface area (Å²) in [5, 5.41) is 6.93. The Morgan fingerprint density at radius 2 is 1.79 bits per heavy atom. The molecule has 2 aliphatic rings. The quantitative estimate of drug-likeness (QED) is 0.595. The Labute approximate surface area is 169 Å². The number of fused-ring (bicyclic) bond motifs is 3. The summed E-state index contributed by atoms with van der Waals surface area (Å²) in [5.41, 5.74) is 4.07. The zero-order valence-electron chi connectivity index (χ0n) is 16.1. The minimum Gasteiger partial charge on any atom is -0.494 e. The highest BCUT2D eigenvalue weighted by atomic mass is 19.1. The molecule has 0 bridgehead atoms. The Morgan fingerprint density at radius 3 is 2.55 bits per heavy atom. The van der Waals surface area contributed by atoms with E-state index in [1.165, 1.54) is 12.1 Å². The summed E-state index contributed by atoms with van der Waals surface area (Å²) >= 11 is 0. The Morgan fingerprint density at radius 1 is 1.03 bits per heavy atom. The number of hydrogen-bond acceptors (Lipinski definition) is 4. The van der Waals surface area contributed by atoms with E-state index in [9.17, 15) is 4.39 Å². The molecule has 2 aliphatic heterocycles. The topological polar surface area (TPSA) is 34.1 Å². The molecule has 3 aromatic carbocycles. The molecule has 3 aromatic rings. The lowest BCUT2D eigenvalue weighted by Gasteiger charge is -2.38. The van der Waals surface area contributed by atoms with Gasteiger partial charge in [0.05, 0.1) is 18.4 Å². The molecule has 146 valence electrons. The van der Waals surface area contributed by atoms with Crippen LogP contribution in [0.2, 0.25) is 0 Å². The lowest BCUT2D eigenvalue weighted by atomic mass is 9.96. The van der Waals surface area contributed by atoms with Crippen molar-refractivity contribution < 1.29 is 13.9 Å². The minimum absolute atomic E-state index is 0.0802. The fourth-order valence-corrected chi connectivity index (χ4v) is 3.97. The van der Waals surface area contributed by atoms with E-state index in [1.54, 1.807) is 12.1 Å². The summed E-state index contributed by atoms with van der Waals surface area (Å²) in [4.78, 5) is 0. The van der Waals surface area contributed by atoms with Crippen LogP contribution < -0.4 is 9.47 Å². The van der Waals surface area contributed by atoms with Crippen molar-refractivity contribution in [3.63, 3.8) is 0 Å². The number of hydrazone groups is 1. The van der Waals surface area contributed by atoms with Crippen LogP contribution in [0.1, 0.15) is 42.3 Å². The van der Waals surface area contributed by atoms with Crippen molar-refractivity contribution >= 4 is 5.71 Å². The molecule has 0 N–H and O–H groups in total. The molecule has 2 heterocycles. The van der Waals surface area contributed by atoms with Gasteiger partial charge in [0.15, 0.2) is 0 Å². The van der Waals surface area contributed by atoms with Crippen molar-refractivity contribution in [1.29, 1.82) is 0 Å². The lowest BCUT2D eigenvalue weighted by Crippen LogP contribution is -2.33. The maximum atomic E-state index is 13.4. The summed E-state index contributed by atoms with van der Waals surface area (Å²) < 4.78 is 25.3. The van der Waals surface area contributed by atoms with Gasteiger partial charge in [-0.25, -0.2) is 9.40 Å². The molecule has 4 nitrogen and oxygen atoms in total. The third kappa shape index (κ3) is 3.23. The second kappa shape index (κ2) is 7.24. The summed E-state index contributed by atoms with van der Waals surface area (Å²) in [6.45, 7) is 2.61. The van der Waals surface area contributed by atoms with Crippen molar-refractivity contribution in [2.45, 2.75) is 25.6 Å². The van der Waals surface area contributed by atoms with Gasteiger partial charge in [0, 0.05) is 17.5 Å². The first-order chi connectivity index (χ1) is 14.2. The molecule has 0 radical (unpaired) electrons. The van der Waals surface area contributed by atoms with Crippen LogP contribution in [0, 0.1) is 5.82 Å². The maximum Gasteiger partial charge on any atom is 0.213 e. The van der Waals surface area contributed by atoms with Gasteiger partial charge >= 0.3 is 0 Å². The molecule has 29 heavy (non-hydrogen) atoms. The highest BCUT2D eigenvalue weighted by Crippen LogP contribution is 2.47. The summed E-state index contributed by atoms with van der Waals surface area (Å²) in [6, 6.07) is 22.6. The Hall–Kier alpha value is -3.34. The average Bonchev–Trinajstić information content (AvgIpc) is 3.20. The van der Waals surface area contributed by atoms with Gasteiger partial charge in [-0.1, -0.05) is 30.3 Å². The highest BCUT2D eigenvalue weighted by molar-refractivity contribution is 6.02. The van der Waals surface area contributed by atoms with Crippen LogP contribution in [0.25, 0.3) is 0 Å². The molecular formula is C24H21FN2O2. The molecule has 0 saturated heterocycles. The van der Waals surface area contributed by atoms with Crippen LogP contribution in [-0.2, 0) is 0 Å². The molecular weight excluding hydrogens is 367 g/mol. The number of hydrogen-bond donors (Lipinski definition) is 0. The van der Waals surface area contributed by atoms with Crippen LogP contribution in [0.4, 0.5) is 4.39 Å². The lowest BCUT2D eigenvalue weighted by molar-refractivity contribution is -0.0190. The number of para-hydroxylation sites is 1. The molecule has 0 amide bonds. The first kappa shape index (κ1) is 17.7. The summed E-state index contributed by atoms with van der Waals surface area (Å²) in [5.74, 6) is 1.44. The van der Waals surface area contributed by atoms with E-state index in [0.717, 1.165) is 40.3 Å². The van der Waals surface area contributed by atoms with Crippen molar-refractivity contribution in [3.8, 4) is 11.5 Å². The summed E-state index contributed by atoms with van der Waals surface area (Å²) in [7, 11) is 0. The number of benzene rings is 3. The fraction of sp³-hybridized carbons (Fsp3) is 0.208. The first-order valence-electron chi connectivity index (χ1n) is 9.83. The van der Waals surface area contributed by atoms with Gasteiger partial charge in [0.2, 0.25) is 6.23 Å². The molecule has 0 spiro atoms. The zero-order valence-corrected chi connectivity index (χ0v) is 16.1. The molecule has 5 rings (SSSR count). The number of halogens is 1. The predicted molar refractivity (Wildman–Crippen MR) is 110 cm³/mol. The van der Waals surface area contributed by atoms with E-state index >= 15 is 0 Å². The molecule has 0 saturated carbocycles. The van der Waals surface area contributed by atoms with Crippen molar-refractivity contribution in [3.05, 3.63) is 95.3 Å². The van der Waals surface area contributed by atoms with Gasteiger partial charge in [0.1, 0.15) is 17.3 Å². The van der Waals surface area contributed by atoms with Gasteiger partial charge in [-0.15, -0.1) is 0 Å². The third-order valence-corrected chi connectivity index (χ3v) is 5.35. The second-order valence-corrected chi connectivity index (χ2v) is 7.16. The first-order valence-corrected chi connectivity index (χ1v) is 9.83. The monoisotopic (exact) mass is 388 g/mol.